The van der Waals surface area contributed by atoms with Gasteiger partial charge in [0, 0.05) is 31.9 Å². The second-order valence-corrected chi connectivity index (χ2v) is 6.87. The zero-order valence-electron chi connectivity index (χ0n) is 15.6. The van der Waals surface area contributed by atoms with Crippen molar-refractivity contribution in [1.29, 1.82) is 0 Å². The molecule has 1 aromatic heterocycles. The van der Waals surface area contributed by atoms with Gasteiger partial charge < -0.3 is 9.64 Å². The van der Waals surface area contributed by atoms with E-state index < -0.39 is 0 Å². The summed E-state index contributed by atoms with van der Waals surface area (Å²) in [5.41, 5.74) is 2.27. The van der Waals surface area contributed by atoms with Crippen LogP contribution in [0.1, 0.15) is 37.1 Å². The van der Waals surface area contributed by atoms with E-state index in [1.54, 1.807) is 0 Å². The van der Waals surface area contributed by atoms with Gasteiger partial charge in [0.25, 0.3) is 5.91 Å². The highest BCUT2D eigenvalue weighted by Gasteiger charge is 2.18. The van der Waals surface area contributed by atoms with Crippen LogP contribution in [-0.2, 0) is 11.3 Å². The van der Waals surface area contributed by atoms with Gasteiger partial charge in [-0.3, -0.25) is 14.7 Å². The van der Waals surface area contributed by atoms with Crippen molar-refractivity contribution in [2.75, 3.05) is 26.7 Å². The summed E-state index contributed by atoms with van der Waals surface area (Å²) in [5, 5.41) is 0. The summed E-state index contributed by atoms with van der Waals surface area (Å²) in [4.78, 5) is 20.6. The monoisotopic (exact) mass is 353 g/mol. The van der Waals surface area contributed by atoms with E-state index in [2.05, 4.69) is 42.1 Å². The second kappa shape index (κ2) is 8.81. The van der Waals surface area contributed by atoms with Crippen molar-refractivity contribution in [3.05, 3.63) is 59.9 Å². The third kappa shape index (κ3) is 4.82. The molecule has 0 bridgehead atoms. The highest BCUT2D eigenvalue weighted by molar-refractivity contribution is 5.78. The molecule has 0 radical (unpaired) electrons. The van der Waals surface area contributed by atoms with Gasteiger partial charge in [-0.1, -0.05) is 18.2 Å². The maximum atomic E-state index is 12.0. The fourth-order valence-electron chi connectivity index (χ4n) is 3.17. The zero-order valence-corrected chi connectivity index (χ0v) is 15.6. The van der Waals surface area contributed by atoms with Gasteiger partial charge in [-0.05, 0) is 56.6 Å². The number of ether oxygens (including phenoxy) is 1. The average Bonchev–Trinajstić information content (AvgIpc) is 3.22. The standard InChI is InChI=1S/C21H27N3O2/c1-17(20-7-3-4-12-22-20)23(2)15-18-8-10-19(11-9-18)26-16-21(25)24-13-5-6-14-24/h3-4,7-12,17H,5-6,13-16H2,1-2H3. The van der Waals surface area contributed by atoms with Gasteiger partial charge in [0.1, 0.15) is 5.75 Å². The number of pyridine rings is 1. The highest BCUT2D eigenvalue weighted by atomic mass is 16.5. The van der Waals surface area contributed by atoms with E-state index in [9.17, 15) is 4.79 Å². The van der Waals surface area contributed by atoms with Crippen LogP contribution in [0.15, 0.2) is 48.7 Å². The van der Waals surface area contributed by atoms with Crippen LogP contribution in [0.4, 0.5) is 0 Å². The Morgan fingerprint density at radius 3 is 2.58 bits per heavy atom. The van der Waals surface area contributed by atoms with Gasteiger partial charge in [-0.2, -0.15) is 0 Å². The first-order valence-electron chi connectivity index (χ1n) is 9.24. The lowest BCUT2D eigenvalue weighted by Crippen LogP contribution is -2.32. The molecule has 1 fully saturated rings. The molecule has 3 rings (SSSR count). The molecule has 26 heavy (non-hydrogen) atoms. The molecular weight excluding hydrogens is 326 g/mol. The first-order chi connectivity index (χ1) is 12.6. The summed E-state index contributed by atoms with van der Waals surface area (Å²) in [5.74, 6) is 0.817. The highest BCUT2D eigenvalue weighted by Crippen LogP contribution is 2.20. The molecule has 1 aromatic carbocycles. The molecule has 1 saturated heterocycles. The van der Waals surface area contributed by atoms with Gasteiger partial charge in [-0.15, -0.1) is 0 Å². The SMILES string of the molecule is CC(c1ccccn1)N(C)Cc1ccc(OCC(=O)N2CCCC2)cc1. The van der Waals surface area contributed by atoms with Crippen LogP contribution in [0.3, 0.4) is 0 Å². The van der Waals surface area contributed by atoms with Gasteiger partial charge in [0.2, 0.25) is 0 Å². The van der Waals surface area contributed by atoms with Crippen molar-refractivity contribution in [3.8, 4) is 5.75 Å². The van der Waals surface area contributed by atoms with Crippen LogP contribution in [0.25, 0.3) is 0 Å². The lowest BCUT2D eigenvalue weighted by atomic mass is 10.1. The summed E-state index contributed by atoms with van der Waals surface area (Å²) < 4.78 is 5.64. The maximum Gasteiger partial charge on any atom is 0.260 e. The molecule has 138 valence electrons. The molecule has 1 aliphatic heterocycles. The van der Waals surface area contributed by atoms with Crippen LogP contribution in [0.5, 0.6) is 5.75 Å². The molecule has 0 spiro atoms. The molecule has 0 N–H and O–H groups in total. The summed E-state index contributed by atoms with van der Waals surface area (Å²) in [6.45, 7) is 4.83. The third-order valence-corrected chi connectivity index (χ3v) is 4.95. The fraction of sp³-hybridized carbons (Fsp3) is 0.429. The minimum atomic E-state index is 0.0792. The first kappa shape index (κ1) is 18.4. The Kier molecular flexibility index (Phi) is 6.23. The van der Waals surface area contributed by atoms with Gasteiger partial charge in [-0.25, -0.2) is 0 Å². The largest absolute Gasteiger partial charge is 0.484 e. The molecule has 2 aromatic rings. The first-order valence-corrected chi connectivity index (χ1v) is 9.24. The summed E-state index contributed by atoms with van der Waals surface area (Å²) in [6.07, 6.45) is 4.03. The van der Waals surface area contributed by atoms with Crippen molar-refractivity contribution in [3.63, 3.8) is 0 Å². The Bertz CT molecular complexity index is 697. The molecule has 0 saturated carbocycles. The van der Waals surface area contributed by atoms with E-state index in [0.29, 0.717) is 0 Å². The van der Waals surface area contributed by atoms with E-state index in [4.69, 9.17) is 4.74 Å². The Hall–Kier alpha value is -2.40. The summed E-state index contributed by atoms with van der Waals surface area (Å²) in [6, 6.07) is 14.2. The van der Waals surface area contributed by atoms with Gasteiger partial charge in [0.05, 0.1) is 5.69 Å². The summed E-state index contributed by atoms with van der Waals surface area (Å²) in [7, 11) is 2.10. The number of nitrogens with zero attached hydrogens (tertiary/aromatic N) is 3. The van der Waals surface area contributed by atoms with E-state index >= 15 is 0 Å². The number of hydrogen-bond donors (Lipinski definition) is 0. The van der Waals surface area contributed by atoms with Crippen LogP contribution in [-0.4, -0.2) is 47.4 Å². The van der Waals surface area contributed by atoms with Crippen molar-refractivity contribution in [1.82, 2.24) is 14.8 Å². The Labute approximate surface area is 155 Å². The number of benzene rings is 1. The molecule has 1 aliphatic rings. The van der Waals surface area contributed by atoms with Crippen LogP contribution in [0.2, 0.25) is 0 Å². The predicted octanol–water partition coefficient (Wildman–Crippen LogP) is 3.28. The Morgan fingerprint density at radius 2 is 1.92 bits per heavy atom. The molecule has 2 heterocycles. The average molecular weight is 353 g/mol. The smallest absolute Gasteiger partial charge is 0.260 e. The molecule has 1 atom stereocenters. The van der Waals surface area contributed by atoms with Crippen molar-refractivity contribution < 1.29 is 9.53 Å². The van der Waals surface area contributed by atoms with Crippen LogP contribution >= 0.6 is 0 Å². The van der Waals surface area contributed by atoms with Gasteiger partial charge >= 0.3 is 0 Å². The number of amides is 1. The molecule has 1 amide bonds. The van der Waals surface area contributed by atoms with E-state index in [1.165, 1.54) is 5.56 Å². The normalized spacial score (nSPS) is 15.3. The molecule has 1 unspecified atom stereocenters. The van der Waals surface area contributed by atoms with E-state index in [1.807, 2.05) is 35.4 Å². The predicted molar refractivity (Wildman–Crippen MR) is 102 cm³/mol. The topological polar surface area (TPSA) is 45.7 Å². The van der Waals surface area contributed by atoms with Crippen LogP contribution < -0.4 is 4.74 Å². The van der Waals surface area contributed by atoms with Crippen molar-refractivity contribution in [2.45, 2.75) is 32.4 Å². The second-order valence-electron chi connectivity index (χ2n) is 6.87. The van der Waals surface area contributed by atoms with E-state index in [-0.39, 0.29) is 18.6 Å². The molecule has 0 aliphatic carbocycles. The van der Waals surface area contributed by atoms with Crippen molar-refractivity contribution >= 4 is 5.91 Å². The number of aromatic nitrogens is 1. The Morgan fingerprint density at radius 1 is 1.19 bits per heavy atom. The quantitative estimate of drug-likeness (QED) is 0.766. The lowest BCUT2D eigenvalue weighted by Gasteiger charge is -2.24. The molecule has 5 heteroatoms. The molecule has 5 nitrogen and oxygen atoms in total. The number of carbonyl (C=O) groups excluding carboxylic acids is 1. The van der Waals surface area contributed by atoms with Crippen LogP contribution in [0, 0.1) is 0 Å². The van der Waals surface area contributed by atoms with E-state index in [0.717, 1.165) is 43.9 Å². The minimum Gasteiger partial charge on any atom is -0.484 e. The van der Waals surface area contributed by atoms with Gasteiger partial charge in [0.15, 0.2) is 6.61 Å². The zero-order chi connectivity index (χ0) is 18.4. The Balaban J connectivity index is 1.50. The minimum absolute atomic E-state index is 0.0792. The summed E-state index contributed by atoms with van der Waals surface area (Å²) >= 11 is 0. The fourth-order valence-corrected chi connectivity index (χ4v) is 3.17. The van der Waals surface area contributed by atoms with Crippen molar-refractivity contribution in [2.24, 2.45) is 0 Å². The number of rotatable bonds is 7. The number of likely N-dealkylation sites (tertiary alicyclic amines) is 1. The maximum absolute atomic E-state index is 12.0. The third-order valence-electron chi connectivity index (χ3n) is 4.95. The lowest BCUT2D eigenvalue weighted by molar-refractivity contribution is -0.132. The number of hydrogen-bond acceptors (Lipinski definition) is 4. The number of carbonyl (C=O) groups is 1. The molecular formula is C21H27N3O2.